The molecule has 1 aromatic heterocycles. The van der Waals surface area contributed by atoms with E-state index in [0.717, 1.165) is 27.5 Å². The lowest BCUT2D eigenvalue weighted by molar-refractivity contribution is 0.0737. The van der Waals surface area contributed by atoms with Crippen molar-refractivity contribution in [2.45, 2.75) is 6.42 Å². The molecular weight excluding hydrogens is 378 g/mol. The third-order valence-corrected chi connectivity index (χ3v) is 4.88. The normalized spacial score (nSPS) is 10.7. The average Bonchev–Trinajstić information content (AvgIpc) is 2.79. The minimum atomic E-state index is -0.432. The molecule has 4 aromatic rings. The van der Waals surface area contributed by atoms with Gasteiger partial charge in [0.05, 0.1) is 12.7 Å². The number of carbonyl (C=O) groups excluding carboxylic acids is 1. The third kappa shape index (κ3) is 3.88. The molecule has 0 aliphatic rings. The van der Waals surface area contributed by atoms with Crippen LogP contribution in [0.4, 0.5) is 0 Å². The van der Waals surface area contributed by atoms with Gasteiger partial charge in [0.25, 0.3) is 0 Å². The number of rotatable bonds is 6. The van der Waals surface area contributed by atoms with Crippen LogP contribution in [0.25, 0.3) is 21.9 Å². The van der Waals surface area contributed by atoms with Gasteiger partial charge in [-0.2, -0.15) is 0 Å². The molecule has 1 heterocycles. The van der Waals surface area contributed by atoms with Gasteiger partial charge >= 0.3 is 5.97 Å². The lowest BCUT2D eigenvalue weighted by Gasteiger charge is -2.14. The number of fused-ring (bicyclic) bond motifs is 1. The van der Waals surface area contributed by atoms with Crippen LogP contribution in [0.3, 0.4) is 0 Å². The molecule has 150 valence electrons. The number of esters is 1. The molecule has 4 rings (SSSR count). The minimum Gasteiger partial charge on any atom is -0.481 e. The highest BCUT2D eigenvalue weighted by molar-refractivity contribution is 6.04. The summed E-state index contributed by atoms with van der Waals surface area (Å²) in [5.41, 5.74) is 3.23. The molecule has 0 saturated carbocycles. The first-order valence-corrected chi connectivity index (χ1v) is 9.64. The van der Waals surface area contributed by atoms with Crippen LogP contribution in [0.1, 0.15) is 15.9 Å². The number of ether oxygens (including phenoxy) is 2. The molecule has 0 spiro atoms. The van der Waals surface area contributed by atoms with Crippen molar-refractivity contribution in [3.8, 4) is 22.8 Å². The zero-order valence-electron chi connectivity index (χ0n) is 16.5. The maximum Gasteiger partial charge on any atom is 0.343 e. The van der Waals surface area contributed by atoms with Gasteiger partial charge in [-0.1, -0.05) is 48.5 Å². The lowest BCUT2D eigenvalue weighted by atomic mass is 9.97. The Morgan fingerprint density at radius 3 is 2.57 bits per heavy atom. The van der Waals surface area contributed by atoms with Gasteiger partial charge in [-0.25, -0.2) is 9.78 Å². The Kier molecular flexibility index (Phi) is 5.72. The Morgan fingerprint density at radius 2 is 1.80 bits per heavy atom. The first kappa shape index (κ1) is 19.6. The van der Waals surface area contributed by atoms with E-state index in [4.69, 9.17) is 9.47 Å². The standard InChI is InChI=1S/C25H21NO4/c1-29-24-20-11-6-12-22(30-25(28)18-8-3-2-4-9-18)23(20)21(16-26-24)19-10-5-7-17(15-19)13-14-27/h2-12,15-16,27H,13-14H2,1H3. The van der Waals surface area contributed by atoms with Gasteiger partial charge in [-0.3, -0.25) is 0 Å². The smallest absolute Gasteiger partial charge is 0.343 e. The Morgan fingerprint density at radius 1 is 1.00 bits per heavy atom. The molecule has 0 atom stereocenters. The fraction of sp³-hybridized carbons (Fsp3) is 0.120. The number of hydrogen-bond donors (Lipinski definition) is 1. The van der Waals surface area contributed by atoms with Crippen LogP contribution in [0.15, 0.2) is 79.0 Å². The number of carbonyl (C=O) groups is 1. The molecule has 0 unspecified atom stereocenters. The van der Waals surface area contributed by atoms with Gasteiger partial charge in [0.15, 0.2) is 0 Å². The van der Waals surface area contributed by atoms with E-state index in [1.54, 1.807) is 43.6 Å². The maximum atomic E-state index is 12.7. The largest absolute Gasteiger partial charge is 0.481 e. The molecular formula is C25H21NO4. The van der Waals surface area contributed by atoms with E-state index < -0.39 is 5.97 Å². The summed E-state index contributed by atoms with van der Waals surface area (Å²) < 4.78 is 11.2. The molecule has 0 radical (unpaired) electrons. The van der Waals surface area contributed by atoms with Crippen LogP contribution < -0.4 is 9.47 Å². The molecule has 0 aliphatic carbocycles. The molecule has 5 heteroatoms. The number of nitrogens with zero attached hydrogens (tertiary/aromatic N) is 1. The Hall–Kier alpha value is -3.70. The summed E-state index contributed by atoms with van der Waals surface area (Å²) in [6.07, 6.45) is 2.28. The van der Waals surface area contributed by atoms with Crippen molar-refractivity contribution >= 4 is 16.7 Å². The molecule has 0 saturated heterocycles. The van der Waals surface area contributed by atoms with Gasteiger partial charge in [0.1, 0.15) is 5.75 Å². The predicted octanol–water partition coefficient (Wildman–Crippen LogP) is 4.66. The van der Waals surface area contributed by atoms with Gasteiger partial charge in [-0.15, -0.1) is 0 Å². The number of benzene rings is 3. The van der Waals surface area contributed by atoms with Crippen molar-refractivity contribution in [2.75, 3.05) is 13.7 Å². The van der Waals surface area contributed by atoms with Crippen molar-refractivity contribution in [1.29, 1.82) is 0 Å². The van der Waals surface area contributed by atoms with Gasteiger partial charge in [0.2, 0.25) is 5.88 Å². The van der Waals surface area contributed by atoms with Crippen molar-refractivity contribution < 1.29 is 19.4 Å². The maximum absolute atomic E-state index is 12.7. The van der Waals surface area contributed by atoms with Crippen molar-refractivity contribution in [2.24, 2.45) is 0 Å². The van der Waals surface area contributed by atoms with Crippen molar-refractivity contribution in [3.63, 3.8) is 0 Å². The number of aliphatic hydroxyl groups excluding tert-OH is 1. The van der Waals surface area contributed by atoms with Gasteiger partial charge < -0.3 is 14.6 Å². The Labute approximate surface area is 174 Å². The SMILES string of the molecule is COc1ncc(-c2cccc(CCO)c2)c2c(OC(=O)c3ccccc3)cccc12. The second kappa shape index (κ2) is 8.76. The van der Waals surface area contributed by atoms with E-state index in [2.05, 4.69) is 4.98 Å². The monoisotopic (exact) mass is 399 g/mol. The van der Waals surface area contributed by atoms with Crippen LogP contribution in [0.2, 0.25) is 0 Å². The Bertz CT molecular complexity index is 1190. The summed E-state index contributed by atoms with van der Waals surface area (Å²) in [5, 5.41) is 10.8. The van der Waals surface area contributed by atoms with E-state index in [1.807, 2.05) is 42.5 Å². The summed E-state index contributed by atoms with van der Waals surface area (Å²) >= 11 is 0. The summed E-state index contributed by atoms with van der Waals surface area (Å²) in [5.74, 6) is 0.460. The second-order valence-electron chi connectivity index (χ2n) is 6.79. The highest BCUT2D eigenvalue weighted by Crippen LogP contribution is 2.39. The molecule has 0 fully saturated rings. The highest BCUT2D eigenvalue weighted by Gasteiger charge is 2.17. The zero-order chi connectivity index (χ0) is 20.9. The van der Waals surface area contributed by atoms with Crippen LogP contribution in [0.5, 0.6) is 11.6 Å². The fourth-order valence-corrected chi connectivity index (χ4v) is 3.47. The molecule has 1 N–H and O–H groups in total. The highest BCUT2D eigenvalue weighted by atomic mass is 16.5. The molecule has 3 aromatic carbocycles. The van der Waals surface area contributed by atoms with E-state index in [-0.39, 0.29) is 6.61 Å². The van der Waals surface area contributed by atoms with Gasteiger partial charge in [0, 0.05) is 29.1 Å². The number of hydrogen-bond acceptors (Lipinski definition) is 5. The third-order valence-electron chi connectivity index (χ3n) is 4.88. The molecule has 0 bridgehead atoms. The summed E-state index contributed by atoms with van der Waals surface area (Å²) in [6, 6.07) is 22.2. The van der Waals surface area contributed by atoms with Crippen LogP contribution in [-0.4, -0.2) is 29.8 Å². The average molecular weight is 399 g/mol. The van der Waals surface area contributed by atoms with E-state index in [1.165, 1.54) is 0 Å². The summed E-state index contributed by atoms with van der Waals surface area (Å²) in [7, 11) is 1.56. The van der Waals surface area contributed by atoms with Crippen molar-refractivity contribution in [3.05, 3.63) is 90.1 Å². The quantitative estimate of drug-likeness (QED) is 0.377. The molecule has 0 amide bonds. The Balaban J connectivity index is 1.87. The summed E-state index contributed by atoms with van der Waals surface area (Å²) in [4.78, 5) is 17.1. The zero-order valence-corrected chi connectivity index (χ0v) is 16.5. The molecule has 5 nitrogen and oxygen atoms in total. The molecule has 0 aliphatic heterocycles. The van der Waals surface area contributed by atoms with E-state index in [0.29, 0.717) is 23.6 Å². The number of aromatic nitrogens is 1. The number of aliphatic hydroxyl groups is 1. The van der Waals surface area contributed by atoms with Crippen LogP contribution in [0, 0.1) is 0 Å². The number of pyridine rings is 1. The first-order valence-electron chi connectivity index (χ1n) is 9.64. The predicted molar refractivity (Wildman–Crippen MR) is 116 cm³/mol. The van der Waals surface area contributed by atoms with Crippen LogP contribution >= 0.6 is 0 Å². The second-order valence-corrected chi connectivity index (χ2v) is 6.79. The van der Waals surface area contributed by atoms with E-state index in [9.17, 15) is 9.90 Å². The number of methoxy groups -OCH3 is 1. The van der Waals surface area contributed by atoms with Crippen LogP contribution in [-0.2, 0) is 6.42 Å². The topological polar surface area (TPSA) is 68.7 Å². The minimum absolute atomic E-state index is 0.0744. The first-order chi connectivity index (χ1) is 14.7. The molecule has 30 heavy (non-hydrogen) atoms. The van der Waals surface area contributed by atoms with Gasteiger partial charge in [-0.05, 0) is 41.8 Å². The van der Waals surface area contributed by atoms with Crippen molar-refractivity contribution in [1.82, 2.24) is 4.98 Å². The summed E-state index contributed by atoms with van der Waals surface area (Å²) in [6.45, 7) is 0.0744. The van der Waals surface area contributed by atoms with E-state index >= 15 is 0 Å². The lowest BCUT2D eigenvalue weighted by Crippen LogP contribution is -2.08. The fourth-order valence-electron chi connectivity index (χ4n) is 3.47.